The third-order valence-corrected chi connectivity index (χ3v) is 4.31. The first-order valence-electron chi connectivity index (χ1n) is 5.36. The maximum absolute atomic E-state index is 10.3. The summed E-state index contributed by atoms with van der Waals surface area (Å²) in [4.78, 5) is 0. The van der Waals surface area contributed by atoms with Crippen molar-refractivity contribution in [3.63, 3.8) is 0 Å². The number of nitrogens with one attached hydrogen (secondary N) is 1. The summed E-state index contributed by atoms with van der Waals surface area (Å²) in [5.41, 5.74) is 0.352. The Kier molecular flexibility index (Phi) is 1.97. The first kappa shape index (κ1) is 9.47. The van der Waals surface area contributed by atoms with Crippen molar-refractivity contribution >= 4 is 0 Å². The van der Waals surface area contributed by atoms with Crippen molar-refractivity contribution in [1.29, 1.82) is 0 Å². The van der Waals surface area contributed by atoms with Crippen LogP contribution in [0, 0.1) is 16.7 Å². The molecular weight excluding hydrogens is 162 g/mol. The van der Waals surface area contributed by atoms with E-state index in [2.05, 4.69) is 26.1 Å². The molecule has 1 saturated heterocycles. The van der Waals surface area contributed by atoms with Crippen molar-refractivity contribution in [2.75, 3.05) is 13.1 Å². The number of hydrogen-bond donors (Lipinski definition) is 2. The van der Waals surface area contributed by atoms with E-state index < -0.39 is 0 Å². The highest BCUT2D eigenvalue weighted by Gasteiger charge is 2.55. The number of fused-ring (bicyclic) bond motifs is 2. The van der Waals surface area contributed by atoms with Crippen LogP contribution in [0.25, 0.3) is 0 Å². The quantitative estimate of drug-likeness (QED) is 0.595. The summed E-state index contributed by atoms with van der Waals surface area (Å²) in [6.07, 6.45) is 2.31. The van der Waals surface area contributed by atoms with Gasteiger partial charge in [0.2, 0.25) is 0 Å². The maximum Gasteiger partial charge on any atom is 0.0653 e. The van der Waals surface area contributed by atoms with E-state index in [1.165, 1.54) is 12.8 Å². The number of piperidine rings is 1. The van der Waals surface area contributed by atoms with Gasteiger partial charge in [-0.2, -0.15) is 0 Å². The van der Waals surface area contributed by atoms with Gasteiger partial charge in [0.05, 0.1) is 6.10 Å². The molecule has 2 aliphatic rings. The van der Waals surface area contributed by atoms with E-state index in [9.17, 15) is 5.11 Å². The van der Waals surface area contributed by atoms with Crippen LogP contribution in [-0.2, 0) is 0 Å². The highest BCUT2D eigenvalue weighted by atomic mass is 16.3. The third kappa shape index (κ3) is 1.15. The Morgan fingerprint density at radius 3 is 2.62 bits per heavy atom. The number of hydrogen-bond acceptors (Lipinski definition) is 2. The molecule has 3 unspecified atom stereocenters. The Bertz CT molecular complexity index is 205. The minimum absolute atomic E-state index is 0.0752. The standard InChI is InChI=1S/C11H21NO/c1-10(2,3)11-5-4-8(9(11)13)6-12-7-11/h8-9,12-13H,4-7H2,1-3H3. The molecule has 2 nitrogen and oxygen atoms in total. The summed E-state index contributed by atoms with van der Waals surface area (Å²) in [5, 5.41) is 13.7. The van der Waals surface area contributed by atoms with Crippen molar-refractivity contribution in [3.05, 3.63) is 0 Å². The molecule has 76 valence electrons. The zero-order valence-electron chi connectivity index (χ0n) is 8.93. The number of aliphatic hydroxyl groups excluding tert-OH is 1. The van der Waals surface area contributed by atoms with Gasteiger partial charge in [0.15, 0.2) is 0 Å². The van der Waals surface area contributed by atoms with Crippen molar-refractivity contribution in [1.82, 2.24) is 5.32 Å². The van der Waals surface area contributed by atoms with Gasteiger partial charge in [-0.25, -0.2) is 0 Å². The van der Waals surface area contributed by atoms with Crippen LogP contribution in [0.3, 0.4) is 0 Å². The van der Waals surface area contributed by atoms with Crippen LogP contribution in [0.1, 0.15) is 33.6 Å². The predicted octanol–water partition coefficient (Wildman–Crippen LogP) is 1.39. The Hall–Kier alpha value is -0.0800. The summed E-state index contributed by atoms with van der Waals surface area (Å²) in [7, 11) is 0. The highest BCUT2D eigenvalue weighted by Crippen LogP contribution is 2.54. The van der Waals surface area contributed by atoms with Gasteiger partial charge in [0.25, 0.3) is 0 Å². The number of rotatable bonds is 0. The summed E-state index contributed by atoms with van der Waals surface area (Å²) in [6, 6.07) is 0. The first-order chi connectivity index (χ1) is 5.97. The van der Waals surface area contributed by atoms with E-state index in [-0.39, 0.29) is 16.9 Å². The molecule has 1 saturated carbocycles. The molecule has 3 atom stereocenters. The summed E-state index contributed by atoms with van der Waals surface area (Å²) >= 11 is 0. The molecule has 1 heterocycles. The second-order valence-corrected chi connectivity index (χ2v) is 5.78. The zero-order valence-corrected chi connectivity index (χ0v) is 8.93. The molecule has 2 fully saturated rings. The average Bonchev–Trinajstić information content (AvgIpc) is 2.28. The highest BCUT2D eigenvalue weighted by molar-refractivity contribution is 5.07. The molecule has 0 aromatic carbocycles. The van der Waals surface area contributed by atoms with Gasteiger partial charge in [0, 0.05) is 18.5 Å². The molecule has 0 spiro atoms. The minimum atomic E-state index is -0.0752. The average molecular weight is 183 g/mol. The lowest BCUT2D eigenvalue weighted by atomic mass is 9.62. The van der Waals surface area contributed by atoms with Crippen LogP contribution in [0.4, 0.5) is 0 Å². The fourth-order valence-electron chi connectivity index (χ4n) is 3.17. The Labute approximate surface area is 80.7 Å². The number of aliphatic hydroxyl groups is 1. The smallest absolute Gasteiger partial charge is 0.0653 e. The minimum Gasteiger partial charge on any atom is -0.392 e. The summed E-state index contributed by atoms with van der Waals surface area (Å²) < 4.78 is 0. The van der Waals surface area contributed by atoms with E-state index in [0.29, 0.717) is 5.92 Å². The van der Waals surface area contributed by atoms with Crippen molar-refractivity contribution in [3.8, 4) is 0 Å². The van der Waals surface area contributed by atoms with E-state index in [1.54, 1.807) is 0 Å². The molecular formula is C11H21NO. The van der Waals surface area contributed by atoms with Crippen LogP contribution in [0.15, 0.2) is 0 Å². The van der Waals surface area contributed by atoms with Crippen LogP contribution >= 0.6 is 0 Å². The molecule has 0 radical (unpaired) electrons. The second-order valence-electron chi connectivity index (χ2n) is 5.78. The normalized spacial score (nSPS) is 45.2. The Balaban J connectivity index is 2.31. The van der Waals surface area contributed by atoms with Gasteiger partial charge < -0.3 is 10.4 Å². The second kappa shape index (κ2) is 2.71. The van der Waals surface area contributed by atoms with Crippen LogP contribution in [0.2, 0.25) is 0 Å². The van der Waals surface area contributed by atoms with Crippen molar-refractivity contribution < 1.29 is 5.11 Å². The molecule has 2 N–H and O–H groups in total. The summed E-state index contributed by atoms with van der Waals surface area (Å²) in [5.74, 6) is 0.507. The van der Waals surface area contributed by atoms with Crippen molar-refractivity contribution in [2.45, 2.75) is 39.7 Å². The van der Waals surface area contributed by atoms with Gasteiger partial charge in [-0.1, -0.05) is 20.8 Å². The SMILES string of the molecule is CC(C)(C)C12CCC(CNC1)C2O. The van der Waals surface area contributed by atoms with E-state index in [4.69, 9.17) is 0 Å². The van der Waals surface area contributed by atoms with Crippen LogP contribution in [-0.4, -0.2) is 24.3 Å². The summed E-state index contributed by atoms with van der Waals surface area (Å²) in [6.45, 7) is 8.77. The molecule has 1 aliphatic carbocycles. The molecule has 0 aromatic heterocycles. The Morgan fingerprint density at radius 1 is 1.38 bits per heavy atom. The lowest BCUT2D eigenvalue weighted by Gasteiger charge is -2.48. The molecule has 2 heteroatoms. The topological polar surface area (TPSA) is 32.3 Å². The molecule has 0 aromatic rings. The zero-order chi connectivity index (χ0) is 9.69. The van der Waals surface area contributed by atoms with E-state index >= 15 is 0 Å². The van der Waals surface area contributed by atoms with Gasteiger partial charge in [-0.15, -0.1) is 0 Å². The molecule has 2 bridgehead atoms. The fourth-order valence-corrected chi connectivity index (χ4v) is 3.17. The van der Waals surface area contributed by atoms with E-state index in [0.717, 1.165) is 13.1 Å². The first-order valence-corrected chi connectivity index (χ1v) is 5.36. The third-order valence-electron chi connectivity index (χ3n) is 4.31. The lowest BCUT2D eigenvalue weighted by molar-refractivity contribution is -0.0636. The molecule has 2 rings (SSSR count). The monoisotopic (exact) mass is 183 g/mol. The van der Waals surface area contributed by atoms with Gasteiger partial charge >= 0.3 is 0 Å². The van der Waals surface area contributed by atoms with Gasteiger partial charge in [-0.05, 0) is 24.2 Å². The predicted molar refractivity (Wildman–Crippen MR) is 53.5 cm³/mol. The van der Waals surface area contributed by atoms with Gasteiger partial charge in [-0.3, -0.25) is 0 Å². The van der Waals surface area contributed by atoms with E-state index in [1.807, 2.05) is 0 Å². The lowest BCUT2D eigenvalue weighted by Crippen LogP contribution is -2.55. The van der Waals surface area contributed by atoms with Crippen LogP contribution < -0.4 is 5.32 Å². The van der Waals surface area contributed by atoms with Gasteiger partial charge in [0.1, 0.15) is 0 Å². The van der Waals surface area contributed by atoms with Crippen molar-refractivity contribution in [2.24, 2.45) is 16.7 Å². The largest absolute Gasteiger partial charge is 0.392 e. The molecule has 0 amide bonds. The van der Waals surface area contributed by atoms with Crippen LogP contribution in [0.5, 0.6) is 0 Å². The Morgan fingerprint density at radius 2 is 2.08 bits per heavy atom. The maximum atomic E-state index is 10.3. The molecule has 1 aliphatic heterocycles. The molecule has 13 heavy (non-hydrogen) atoms. The fraction of sp³-hybridized carbons (Fsp3) is 1.00.